The minimum absolute atomic E-state index is 0. The summed E-state index contributed by atoms with van der Waals surface area (Å²) in [7, 11) is 0. The van der Waals surface area contributed by atoms with Crippen LogP contribution in [-0.2, 0) is 16.2 Å². The smallest absolute Gasteiger partial charge is 0.143 e. The minimum atomic E-state index is -0.686. The number of hydrogen-bond acceptors (Lipinski definition) is 2. The van der Waals surface area contributed by atoms with Crippen molar-refractivity contribution < 1.29 is 5.84 Å². The molecule has 11 aromatic carbocycles. The number of furan rings is 1. The zero-order valence-corrected chi connectivity index (χ0v) is 40.5. The van der Waals surface area contributed by atoms with Crippen LogP contribution in [0.25, 0.3) is 66.4 Å². The SMILES string of the molecule is C.CC1(C)c2ccccc2-c2ccc(N(c3ccc(-c4cccc5c4oc4ccccc45)cc3)c3cccc4c3C3(c5ccccc5-4)c4ccccc4C4(c5ccccc5-c5ccccc54)c4ccccc43)cc21.[HH]. The number of fused-ring (bicyclic) bond motifs is 22. The summed E-state index contributed by atoms with van der Waals surface area (Å²) in [5.41, 5.74) is 27.0. The number of para-hydroxylation sites is 2. The Bertz CT molecular complexity index is 4230. The van der Waals surface area contributed by atoms with E-state index in [1.807, 2.05) is 6.07 Å². The van der Waals surface area contributed by atoms with Gasteiger partial charge in [0.1, 0.15) is 11.2 Å². The minimum Gasteiger partial charge on any atom is -0.455 e. The van der Waals surface area contributed by atoms with E-state index in [2.05, 4.69) is 261 Å². The fourth-order valence-electron chi connectivity index (χ4n) is 14.5. The van der Waals surface area contributed by atoms with Gasteiger partial charge >= 0.3 is 0 Å². The average molecular weight is 948 g/mol. The molecule has 0 N–H and O–H groups in total. The third-order valence-corrected chi connectivity index (χ3v) is 17.4. The van der Waals surface area contributed by atoms with Gasteiger partial charge in [-0.3, -0.25) is 0 Å². The van der Waals surface area contributed by atoms with E-state index in [9.17, 15) is 0 Å². The zero-order chi connectivity index (χ0) is 48.2. The van der Waals surface area contributed by atoms with E-state index in [1.165, 1.54) is 89.0 Å². The van der Waals surface area contributed by atoms with Crippen LogP contribution in [0.1, 0.15) is 78.3 Å². The van der Waals surface area contributed by atoms with E-state index in [4.69, 9.17) is 4.42 Å². The van der Waals surface area contributed by atoms with Crippen LogP contribution in [0.4, 0.5) is 17.1 Å². The first-order chi connectivity index (χ1) is 36.0. The molecule has 0 saturated heterocycles. The van der Waals surface area contributed by atoms with Crippen LogP contribution >= 0.6 is 0 Å². The Morgan fingerprint density at radius 2 is 0.770 bits per heavy atom. The summed E-state index contributed by atoms with van der Waals surface area (Å²) in [6, 6.07) is 93.7. The lowest BCUT2D eigenvalue weighted by atomic mass is 9.52. The zero-order valence-electron chi connectivity index (χ0n) is 40.5. The monoisotopic (exact) mass is 947 g/mol. The molecule has 0 aliphatic heterocycles. The van der Waals surface area contributed by atoms with Gasteiger partial charge in [-0.2, -0.15) is 0 Å². The Balaban J connectivity index is 0.00000258. The van der Waals surface area contributed by atoms with Crippen molar-refractivity contribution in [3.05, 3.63) is 304 Å². The van der Waals surface area contributed by atoms with Gasteiger partial charge in [0, 0.05) is 40.1 Å². The third-order valence-electron chi connectivity index (χ3n) is 17.4. The summed E-state index contributed by atoms with van der Waals surface area (Å²) < 4.78 is 6.61. The molecular formula is C72H53NO. The van der Waals surface area contributed by atoms with Gasteiger partial charge in [-0.25, -0.2) is 0 Å². The maximum Gasteiger partial charge on any atom is 0.143 e. The molecule has 0 radical (unpaired) electrons. The second-order valence-electron chi connectivity index (χ2n) is 21.0. The predicted octanol–water partition coefficient (Wildman–Crippen LogP) is 19.0. The molecule has 0 bridgehead atoms. The Morgan fingerprint density at radius 3 is 1.41 bits per heavy atom. The van der Waals surface area contributed by atoms with Gasteiger partial charge in [0.25, 0.3) is 0 Å². The molecule has 4 aliphatic rings. The fraction of sp³-hybridized carbons (Fsp3) is 0.0833. The molecule has 0 amide bonds. The second kappa shape index (κ2) is 15.3. The molecule has 74 heavy (non-hydrogen) atoms. The Kier molecular flexibility index (Phi) is 8.81. The van der Waals surface area contributed by atoms with Crippen LogP contribution in [0.3, 0.4) is 0 Å². The van der Waals surface area contributed by atoms with Gasteiger partial charge < -0.3 is 9.32 Å². The Labute approximate surface area is 434 Å². The van der Waals surface area contributed by atoms with Crippen LogP contribution in [0.15, 0.2) is 253 Å². The predicted molar refractivity (Wildman–Crippen MR) is 308 cm³/mol. The van der Waals surface area contributed by atoms with E-state index in [0.717, 1.165) is 50.1 Å². The normalized spacial score (nSPS) is 14.8. The Hall–Kier alpha value is -8.98. The average Bonchev–Trinajstić information content (AvgIpc) is 4.14. The first-order valence-electron chi connectivity index (χ1n) is 25.7. The molecule has 2 spiro atoms. The number of benzene rings is 11. The highest BCUT2D eigenvalue weighted by atomic mass is 16.3. The molecule has 2 nitrogen and oxygen atoms in total. The van der Waals surface area contributed by atoms with Crippen molar-refractivity contribution in [3.63, 3.8) is 0 Å². The number of anilines is 3. The van der Waals surface area contributed by atoms with Crippen molar-refractivity contribution in [2.24, 2.45) is 0 Å². The summed E-state index contributed by atoms with van der Waals surface area (Å²) in [6.07, 6.45) is 0. The molecule has 0 fully saturated rings. The van der Waals surface area contributed by atoms with E-state index in [1.54, 1.807) is 0 Å². The van der Waals surface area contributed by atoms with Crippen molar-refractivity contribution >= 4 is 39.0 Å². The standard InChI is InChI=1S/C71H47NO.CH4.H2/c1-69(2)56-27-8-3-19-48(56)52-42-41-46(43-64(52)69)72(45-39-37-44(38-40-45)47-24-17-26-55-53-23-7-16-36-66(53)73-68(47)55)65-35-18-25-54-51-22-6-11-30-59(51)71(67(54)65)62-33-14-12-31-60(62)70(61-32-13-15-34-63(61)71)57-28-9-4-20-49(57)50-21-5-10-29-58(50)70;;/h3-43H,1-2H3;1H4;1H. The molecule has 16 rings (SSSR count). The highest BCUT2D eigenvalue weighted by Crippen LogP contribution is 2.69. The lowest BCUT2D eigenvalue weighted by Crippen LogP contribution is -2.44. The topological polar surface area (TPSA) is 16.4 Å². The summed E-state index contributed by atoms with van der Waals surface area (Å²) in [5.74, 6) is 0. The third kappa shape index (κ3) is 5.24. The quantitative estimate of drug-likeness (QED) is 0.175. The van der Waals surface area contributed by atoms with Crippen LogP contribution in [0, 0.1) is 0 Å². The van der Waals surface area contributed by atoms with Crippen molar-refractivity contribution in [2.75, 3.05) is 4.90 Å². The lowest BCUT2D eigenvalue weighted by Gasteiger charge is -2.49. The maximum absolute atomic E-state index is 6.61. The van der Waals surface area contributed by atoms with Crippen LogP contribution in [0.2, 0.25) is 0 Å². The first-order valence-corrected chi connectivity index (χ1v) is 25.7. The molecule has 0 unspecified atom stereocenters. The van der Waals surface area contributed by atoms with Crippen molar-refractivity contribution in [3.8, 4) is 44.5 Å². The highest BCUT2D eigenvalue weighted by molar-refractivity contribution is 6.09. The van der Waals surface area contributed by atoms with Crippen LogP contribution in [-0.4, -0.2) is 0 Å². The van der Waals surface area contributed by atoms with Gasteiger partial charge in [0.15, 0.2) is 0 Å². The largest absolute Gasteiger partial charge is 0.455 e. The van der Waals surface area contributed by atoms with Gasteiger partial charge in [0.2, 0.25) is 0 Å². The molecule has 12 aromatic rings. The molecular weight excluding hydrogens is 895 g/mol. The number of hydrogen-bond donors (Lipinski definition) is 0. The van der Waals surface area contributed by atoms with Crippen molar-refractivity contribution in [1.82, 2.24) is 0 Å². The molecule has 352 valence electrons. The van der Waals surface area contributed by atoms with Gasteiger partial charge in [-0.05, 0) is 125 Å². The maximum atomic E-state index is 6.61. The van der Waals surface area contributed by atoms with Gasteiger partial charge in [0.05, 0.1) is 16.5 Å². The van der Waals surface area contributed by atoms with Crippen LogP contribution < -0.4 is 4.90 Å². The molecule has 2 heteroatoms. The lowest BCUT2D eigenvalue weighted by molar-refractivity contribution is 0.633. The summed E-state index contributed by atoms with van der Waals surface area (Å²) >= 11 is 0. The fourth-order valence-corrected chi connectivity index (χ4v) is 14.5. The van der Waals surface area contributed by atoms with Crippen LogP contribution in [0.5, 0.6) is 0 Å². The summed E-state index contributed by atoms with van der Waals surface area (Å²) in [5, 5.41) is 2.26. The summed E-state index contributed by atoms with van der Waals surface area (Å²) in [6.45, 7) is 4.77. The van der Waals surface area contributed by atoms with E-state index < -0.39 is 10.8 Å². The summed E-state index contributed by atoms with van der Waals surface area (Å²) in [4.78, 5) is 2.56. The molecule has 0 saturated carbocycles. The van der Waals surface area contributed by atoms with E-state index >= 15 is 0 Å². The Morgan fingerprint density at radius 1 is 0.338 bits per heavy atom. The van der Waals surface area contributed by atoms with E-state index in [-0.39, 0.29) is 14.3 Å². The molecule has 4 aliphatic carbocycles. The number of nitrogens with zero attached hydrogens (tertiary/aromatic N) is 1. The van der Waals surface area contributed by atoms with Gasteiger partial charge in [-0.15, -0.1) is 0 Å². The van der Waals surface area contributed by atoms with E-state index in [0.29, 0.717) is 0 Å². The van der Waals surface area contributed by atoms with Crippen molar-refractivity contribution in [1.29, 1.82) is 0 Å². The molecule has 1 heterocycles. The highest BCUT2D eigenvalue weighted by Gasteiger charge is 2.59. The second-order valence-corrected chi connectivity index (χ2v) is 21.0. The molecule has 0 atom stereocenters. The first kappa shape index (κ1) is 42.7. The number of rotatable bonds is 4. The van der Waals surface area contributed by atoms with Crippen molar-refractivity contribution in [2.45, 2.75) is 37.5 Å². The molecule has 1 aromatic heterocycles. The van der Waals surface area contributed by atoms with Gasteiger partial charge in [-0.1, -0.05) is 234 Å².